The third kappa shape index (κ3) is 3.28. The number of benzene rings is 1. The third-order valence-corrected chi connectivity index (χ3v) is 3.87. The SMILES string of the molecule is NC(=O)C(=O)N1CCN(C(=O)c2c(Cl)cccc2Cl)CC1. The van der Waals surface area contributed by atoms with E-state index in [4.69, 9.17) is 28.9 Å². The molecule has 1 fully saturated rings. The molecular formula is C13H13Cl2N3O3. The maximum atomic E-state index is 12.4. The van der Waals surface area contributed by atoms with Crippen LogP contribution in [0.4, 0.5) is 0 Å². The summed E-state index contributed by atoms with van der Waals surface area (Å²) in [6.07, 6.45) is 0. The van der Waals surface area contributed by atoms with Crippen LogP contribution in [0.5, 0.6) is 0 Å². The van der Waals surface area contributed by atoms with Crippen LogP contribution in [0.25, 0.3) is 0 Å². The standard InChI is InChI=1S/C13H13Cl2N3O3/c14-8-2-1-3-9(15)10(8)12(20)17-4-6-18(7-5-17)13(21)11(16)19/h1-3H,4-7H2,(H2,16,19). The molecule has 0 aromatic heterocycles. The van der Waals surface area contributed by atoms with E-state index in [1.54, 1.807) is 18.2 Å². The van der Waals surface area contributed by atoms with Crippen LogP contribution >= 0.6 is 23.2 Å². The lowest BCUT2D eigenvalue weighted by atomic mass is 10.1. The smallest absolute Gasteiger partial charge is 0.311 e. The second kappa shape index (κ2) is 6.32. The van der Waals surface area contributed by atoms with Gasteiger partial charge in [-0.3, -0.25) is 14.4 Å². The quantitative estimate of drug-likeness (QED) is 0.772. The van der Waals surface area contributed by atoms with Crippen molar-refractivity contribution in [1.82, 2.24) is 9.80 Å². The number of carbonyl (C=O) groups excluding carboxylic acids is 3. The number of nitrogens with two attached hydrogens (primary N) is 1. The number of nitrogens with zero attached hydrogens (tertiary/aromatic N) is 2. The van der Waals surface area contributed by atoms with Crippen molar-refractivity contribution in [2.45, 2.75) is 0 Å². The number of hydrogen-bond acceptors (Lipinski definition) is 3. The van der Waals surface area contributed by atoms with Gasteiger partial charge in [0, 0.05) is 26.2 Å². The Balaban J connectivity index is 2.07. The molecule has 2 N–H and O–H groups in total. The van der Waals surface area contributed by atoms with Gasteiger partial charge in [-0.25, -0.2) is 0 Å². The summed E-state index contributed by atoms with van der Waals surface area (Å²) in [5.41, 5.74) is 5.19. The lowest BCUT2D eigenvalue weighted by Crippen LogP contribution is -2.53. The summed E-state index contributed by atoms with van der Waals surface area (Å²) in [7, 11) is 0. The first-order chi connectivity index (χ1) is 9.91. The lowest BCUT2D eigenvalue weighted by molar-refractivity contribution is -0.145. The highest BCUT2D eigenvalue weighted by atomic mass is 35.5. The van der Waals surface area contributed by atoms with Crippen LogP contribution < -0.4 is 5.73 Å². The van der Waals surface area contributed by atoms with Crippen LogP contribution in [0.1, 0.15) is 10.4 Å². The van der Waals surface area contributed by atoms with Gasteiger partial charge in [-0.05, 0) is 12.1 Å². The summed E-state index contributed by atoms with van der Waals surface area (Å²) in [6, 6.07) is 4.84. The predicted molar refractivity (Wildman–Crippen MR) is 78.1 cm³/mol. The highest BCUT2D eigenvalue weighted by Crippen LogP contribution is 2.26. The van der Waals surface area contributed by atoms with Gasteiger partial charge in [0.25, 0.3) is 5.91 Å². The van der Waals surface area contributed by atoms with Crippen molar-refractivity contribution in [3.05, 3.63) is 33.8 Å². The van der Waals surface area contributed by atoms with E-state index in [1.807, 2.05) is 0 Å². The molecule has 0 aliphatic carbocycles. The van der Waals surface area contributed by atoms with Crippen molar-refractivity contribution >= 4 is 40.9 Å². The van der Waals surface area contributed by atoms with Crippen LogP contribution in [-0.2, 0) is 9.59 Å². The van der Waals surface area contributed by atoms with E-state index in [0.717, 1.165) is 0 Å². The van der Waals surface area contributed by atoms with Crippen LogP contribution in [0.2, 0.25) is 10.0 Å². The molecule has 0 bridgehead atoms. The van der Waals surface area contributed by atoms with Crippen molar-refractivity contribution in [1.29, 1.82) is 0 Å². The number of amides is 3. The molecule has 8 heteroatoms. The molecule has 1 aromatic carbocycles. The first kappa shape index (κ1) is 15.6. The highest BCUT2D eigenvalue weighted by molar-refractivity contribution is 6.39. The summed E-state index contributed by atoms with van der Waals surface area (Å²) in [6.45, 7) is 1.07. The van der Waals surface area contributed by atoms with E-state index in [9.17, 15) is 14.4 Å². The fraction of sp³-hybridized carbons (Fsp3) is 0.308. The molecule has 3 amide bonds. The van der Waals surface area contributed by atoms with Gasteiger partial charge in [-0.15, -0.1) is 0 Å². The van der Waals surface area contributed by atoms with Gasteiger partial charge in [0.15, 0.2) is 0 Å². The first-order valence-electron chi connectivity index (χ1n) is 6.24. The van der Waals surface area contributed by atoms with E-state index in [1.165, 1.54) is 9.80 Å². The minimum absolute atomic E-state index is 0.246. The Hall–Kier alpha value is -1.79. The van der Waals surface area contributed by atoms with Crippen LogP contribution in [0.15, 0.2) is 18.2 Å². The van der Waals surface area contributed by atoms with Crippen molar-refractivity contribution < 1.29 is 14.4 Å². The van der Waals surface area contributed by atoms with Gasteiger partial charge < -0.3 is 15.5 Å². The van der Waals surface area contributed by atoms with E-state index >= 15 is 0 Å². The number of primary amides is 1. The molecule has 1 saturated heterocycles. The zero-order valence-corrected chi connectivity index (χ0v) is 12.5. The maximum Gasteiger partial charge on any atom is 0.311 e. The molecule has 1 aliphatic rings. The summed E-state index contributed by atoms with van der Waals surface area (Å²) in [5, 5.41) is 0.561. The van der Waals surface area contributed by atoms with Crippen molar-refractivity contribution in [3.63, 3.8) is 0 Å². The predicted octanol–water partition coefficient (Wildman–Crippen LogP) is 0.763. The number of piperazine rings is 1. The Morgan fingerprint density at radius 2 is 1.43 bits per heavy atom. The highest BCUT2D eigenvalue weighted by Gasteiger charge is 2.28. The molecule has 0 spiro atoms. The molecule has 6 nitrogen and oxygen atoms in total. The van der Waals surface area contributed by atoms with E-state index in [2.05, 4.69) is 0 Å². The second-order valence-electron chi connectivity index (χ2n) is 4.55. The zero-order chi connectivity index (χ0) is 15.6. The maximum absolute atomic E-state index is 12.4. The normalized spacial score (nSPS) is 15.0. The van der Waals surface area contributed by atoms with E-state index in [0.29, 0.717) is 13.1 Å². The molecule has 112 valence electrons. The molecule has 0 saturated carbocycles. The van der Waals surface area contributed by atoms with Crippen molar-refractivity contribution in [3.8, 4) is 0 Å². The Morgan fingerprint density at radius 3 is 1.90 bits per heavy atom. The summed E-state index contributed by atoms with van der Waals surface area (Å²) < 4.78 is 0. The first-order valence-corrected chi connectivity index (χ1v) is 6.99. The number of halogens is 2. The minimum Gasteiger partial charge on any atom is -0.361 e. The van der Waals surface area contributed by atoms with Crippen molar-refractivity contribution in [2.75, 3.05) is 26.2 Å². The Kier molecular flexibility index (Phi) is 4.69. The topological polar surface area (TPSA) is 83.7 Å². The van der Waals surface area contributed by atoms with Crippen LogP contribution in [-0.4, -0.2) is 53.7 Å². The molecule has 21 heavy (non-hydrogen) atoms. The second-order valence-corrected chi connectivity index (χ2v) is 5.36. The molecule has 1 aliphatic heterocycles. The Bertz CT molecular complexity index is 578. The van der Waals surface area contributed by atoms with Gasteiger partial charge in [0.2, 0.25) is 0 Å². The van der Waals surface area contributed by atoms with Gasteiger partial charge in [0.05, 0.1) is 15.6 Å². The monoisotopic (exact) mass is 329 g/mol. The van der Waals surface area contributed by atoms with Gasteiger partial charge in [-0.2, -0.15) is 0 Å². The van der Waals surface area contributed by atoms with Crippen molar-refractivity contribution in [2.24, 2.45) is 5.73 Å². The lowest BCUT2D eigenvalue weighted by Gasteiger charge is -2.34. The average molecular weight is 330 g/mol. The average Bonchev–Trinajstić information content (AvgIpc) is 2.46. The number of hydrogen-bond donors (Lipinski definition) is 1. The van der Waals surface area contributed by atoms with Crippen LogP contribution in [0.3, 0.4) is 0 Å². The summed E-state index contributed by atoms with van der Waals surface area (Å²) in [4.78, 5) is 37.6. The Morgan fingerprint density at radius 1 is 0.952 bits per heavy atom. The molecular weight excluding hydrogens is 317 g/mol. The number of rotatable bonds is 1. The van der Waals surface area contributed by atoms with Gasteiger partial charge >= 0.3 is 11.8 Å². The fourth-order valence-electron chi connectivity index (χ4n) is 2.13. The summed E-state index contributed by atoms with van der Waals surface area (Å²) in [5.74, 6) is -2.03. The molecule has 0 radical (unpaired) electrons. The molecule has 1 heterocycles. The minimum atomic E-state index is -0.996. The third-order valence-electron chi connectivity index (χ3n) is 3.24. The number of carbonyl (C=O) groups is 3. The van der Waals surface area contributed by atoms with Crippen LogP contribution in [0, 0.1) is 0 Å². The van der Waals surface area contributed by atoms with E-state index in [-0.39, 0.29) is 34.6 Å². The molecule has 1 aromatic rings. The zero-order valence-electron chi connectivity index (χ0n) is 11.0. The molecule has 0 atom stereocenters. The fourth-order valence-corrected chi connectivity index (χ4v) is 2.69. The van der Waals surface area contributed by atoms with E-state index < -0.39 is 11.8 Å². The largest absolute Gasteiger partial charge is 0.361 e. The molecule has 2 rings (SSSR count). The van der Waals surface area contributed by atoms with Gasteiger partial charge in [0.1, 0.15) is 0 Å². The molecule has 0 unspecified atom stereocenters. The Labute approximate surface area is 131 Å². The van der Waals surface area contributed by atoms with Gasteiger partial charge in [-0.1, -0.05) is 29.3 Å². The summed E-state index contributed by atoms with van der Waals surface area (Å²) >= 11 is 12.0.